The molecule has 2 aromatic carbocycles. The van der Waals surface area contributed by atoms with Gasteiger partial charge in [-0.25, -0.2) is 0 Å². The quantitative estimate of drug-likeness (QED) is 0.671. The van der Waals surface area contributed by atoms with Crippen LogP contribution in [0.15, 0.2) is 60.7 Å². The van der Waals surface area contributed by atoms with Gasteiger partial charge in [0.15, 0.2) is 0 Å². The Morgan fingerprint density at radius 3 is 1.50 bits per heavy atom. The van der Waals surface area contributed by atoms with E-state index in [2.05, 4.69) is 72.8 Å². The van der Waals surface area contributed by atoms with Crippen molar-refractivity contribution in [3.63, 3.8) is 0 Å². The van der Waals surface area contributed by atoms with Crippen molar-refractivity contribution in [2.75, 3.05) is 0 Å². The van der Waals surface area contributed by atoms with Crippen LogP contribution in [0.2, 0.25) is 0 Å². The van der Waals surface area contributed by atoms with E-state index in [-0.39, 0.29) is 0 Å². The van der Waals surface area contributed by atoms with E-state index in [0.29, 0.717) is 11.8 Å². The van der Waals surface area contributed by atoms with Crippen LogP contribution in [0.25, 0.3) is 12.2 Å². The first kappa shape index (κ1) is 9.90. The van der Waals surface area contributed by atoms with Gasteiger partial charge in [0.2, 0.25) is 0 Å². The molecular weight excluding hydrogens is 216 g/mol. The van der Waals surface area contributed by atoms with Gasteiger partial charge < -0.3 is 0 Å². The summed E-state index contributed by atoms with van der Waals surface area (Å²) >= 11 is 0. The lowest BCUT2D eigenvalue weighted by Crippen LogP contribution is -2.04. The first-order chi connectivity index (χ1) is 8.93. The van der Waals surface area contributed by atoms with Crippen LogP contribution in [0.5, 0.6) is 0 Å². The van der Waals surface area contributed by atoms with E-state index in [9.17, 15) is 0 Å². The zero-order chi connectivity index (χ0) is 11.9. The van der Waals surface area contributed by atoms with E-state index >= 15 is 0 Å². The third-order valence-electron chi connectivity index (χ3n) is 4.06. The standard InChI is InChI=1S/C18H14/c1-3-7-15-13(5-1)9-11-17(15)18-12-10-14-6-2-4-8-16(14)18/h1-12,17-18H. The van der Waals surface area contributed by atoms with Gasteiger partial charge in [0.25, 0.3) is 0 Å². The molecule has 2 unspecified atom stereocenters. The molecule has 2 aliphatic rings. The molecule has 18 heavy (non-hydrogen) atoms. The van der Waals surface area contributed by atoms with Crippen LogP contribution in [0, 0.1) is 0 Å². The topological polar surface area (TPSA) is 0 Å². The van der Waals surface area contributed by atoms with Crippen molar-refractivity contribution in [1.82, 2.24) is 0 Å². The second-order valence-electron chi connectivity index (χ2n) is 5.03. The maximum atomic E-state index is 2.35. The molecule has 0 spiro atoms. The van der Waals surface area contributed by atoms with Crippen molar-refractivity contribution in [1.29, 1.82) is 0 Å². The molecule has 0 saturated carbocycles. The van der Waals surface area contributed by atoms with Crippen molar-refractivity contribution in [3.05, 3.63) is 82.9 Å². The number of hydrogen-bond donors (Lipinski definition) is 0. The molecule has 0 saturated heterocycles. The van der Waals surface area contributed by atoms with Crippen molar-refractivity contribution in [3.8, 4) is 0 Å². The molecule has 0 nitrogen and oxygen atoms in total. The molecule has 0 aromatic heterocycles. The second kappa shape index (κ2) is 3.71. The Kier molecular flexibility index (Phi) is 2.04. The van der Waals surface area contributed by atoms with Crippen LogP contribution < -0.4 is 0 Å². The van der Waals surface area contributed by atoms with Crippen molar-refractivity contribution >= 4 is 12.2 Å². The fourth-order valence-electron chi connectivity index (χ4n) is 3.18. The molecule has 4 rings (SSSR count). The molecule has 0 heterocycles. The number of fused-ring (bicyclic) bond motifs is 2. The molecule has 2 aliphatic carbocycles. The van der Waals surface area contributed by atoms with E-state index < -0.39 is 0 Å². The fraction of sp³-hybridized carbons (Fsp3) is 0.111. The molecular formula is C18H14. The summed E-state index contributed by atoms with van der Waals surface area (Å²) in [6.07, 6.45) is 9.22. The highest BCUT2D eigenvalue weighted by Gasteiger charge is 2.28. The normalized spacial score (nSPS) is 23.1. The minimum absolute atomic E-state index is 0.501. The van der Waals surface area contributed by atoms with Crippen LogP contribution in [-0.2, 0) is 0 Å². The fourth-order valence-corrected chi connectivity index (χ4v) is 3.18. The number of hydrogen-bond acceptors (Lipinski definition) is 0. The average molecular weight is 230 g/mol. The maximum absolute atomic E-state index is 2.35. The molecule has 0 N–H and O–H groups in total. The van der Waals surface area contributed by atoms with E-state index in [1.165, 1.54) is 22.3 Å². The summed E-state index contributed by atoms with van der Waals surface area (Å²) in [7, 11) is 0. The lowest BCUT2D eigenvalue weighted by molar-refractivity contribution is 0.759. The van der Waals surface area contributed by atoms with Crippen LogP contribution >= 0.6 is 0 Å². The summed E-state index contributed by atoms with van der Waals surface area (Å²) in [5.41, 5.74) is 5.67. The Morgan fingerprint density at radius 1 is 0.556 bits per heavy atom. The summed E-state index contributed by atoms with van der Waals surface area (Å²) in [4.78, 5) is 0. The molecule has 2 aromatic rings. The first-order valence-corrected chi connectivity index (χ1v) is 6.48. The van der Waals surface area contributed by atoms with Gasteiger partial charge in [-0.1, -0.05) is 72.8 Å². The third kappa shape index (κ3) is 1.32. The minimum atomic E-state index is 0.501. The van der Waals surface area contributed by atoms with Gasteiger partial charge in [-0.05, 0) is 22.3 Å². The maximum Gasteiger partial charge on any atom is 0.0131 e. The molecule has 0 heteroatoms. The van der Waals surface area contributed by atoms with Crippen LogP contribution in [0.1, 0.15) is 34.1 Å². The predicted molar refractivity (Wildman–Crippen MR) is 76.4 cm³/mol. The Labute approximate surface area is 107 Å². The number of benzene rings is 2. The monoisotopic (exact) mass is 230 g/mol. The van der Waals surface area contributed by atoms with Crippen LogP contribution in [-0.4, -0.2) is 0 Å². The second-order valence-corrected chi connectivity index (χ2v) is 5.03. The van der Waals surface area contributed by atoms with Gasteiger partial charge in [-0.3, -0.25) is 0 Å². The van der Waals surface area contributed by atoms with Crippen LogP contribution in [0.4, 0.5) is 0 Å². The summed E-state index contributed by atoms with van der Waals surface area (Å²) in [5.74, 6) is 1.00. The summed E-state index contributed by atoms with van der Waals surface area (Å²) in [5, 5.41) is 0. The Hall–Kier alpha value is -2.08. The van der Waals surface area contributed by atoms with E-state index in [1.54, 1.807) is 0 Å². The highest BCUT2D eigenvalue weighted by atomic mass is 14.3. The van der Waals surface area contributed by atoms with Gasteiger partial charge >= 0.3 is 0 Å². The van der Waals surface area contributed by atoms with E-state index in [0.717, 1.165) is 0 Å². The Bertz CT molecular complexity index is 602. The molecule has 0 bridgehead atoms. The lowest BCUT2D eigenvalue weighted by atomic mass is 9.84. The summed E-state index contributed by atoms with van der Waals surface area (Å²) in [6.45, 7) is 0. The number of rotatable bonds is 1. The molecule has 0 amide bonds. The van der Waals surface area contributed by atoms with E-state index in [1.807, 2.05) is 0 Å². The van der Waals surface area contributed by atoms with Gasteiger partial charge in [0.1, 0.15) is 0 Å². The van der Waals surface area contributed by atoms with Gasteiger partial charge in [-0.2, -0.15) is 0 Å². The smallest absolute Gasteiger partial charge is 0.0131 e. The molecule has 86 valence electrons. The minimum Gasteiger partial charge on any atom is -0.0755 e. The van der Waals surface area contributed by atoms with Gasteiger partial charge in [0, 0.05) is 11.8 Å². The molecule has 2 atom stereocenters. The third-order valence-corrected chi connectivity index (χ3v) is 4.06. The molecule has 0 fully saturated rings. The molecule has 0 aliphatic heterocycles. The SMILES string of the molecule is C1=CC(C2C=Cc3ccccc32)c2ccccc21. The van der Waals surface area contributed by atoms with Crippen molar-refractivity contribution in [2.45, 2.75) is 11.8 Å². The zero-order valence-corrected chi connectivity index (χ0v) is 10.1. The largest absolute Gasteiger partial charge is 0.0755 e. The van der Waals surface area contributed by atoms with Gasteiger partial charge in [0.05, 0.1) is 0 Å². The highest BCUT2D eigenvalue weighted by molar-refractivity contribution is 5.68. The Balaban J connectivity index is 1.80. The zero-order valence-electron chi connectivity index (χ0n) is 10.1. The first-order valence-electron chi connectivity index (χ1n) is 6.48. The number of allylic oxidation sites excluding steroid dienone is 2. The highest BCUT2D eigenvalue weighted by Crippen LogP contribution is 2.45. The summed E-state index contributed by atoms with van der Waals surface area (Å²) < 4.78 is 0. The molecule has 0 radical (unpaired) electrons. The Morgan fingerprint density at radius 2 is 1.00 bits per heavy atom. The average Bonchev–Trinajstić information content (AvgIpc) is 3.01. The van der Waals surface area contributed by atoms with Crippen molar-refractivity contribution in [2.24, 2.45) is 0 Å². The van der Waals surface area contributed by atoms with Gasteiger partial charge in [-0.15, -0.1) is 0 Å². The predicted octanol–water partition coefficient (Wildman–Crippen LogP) is 4.61. The van der Waals surface area contributed by atoms with Crippen LogP contribution in [0.3, 0.4) is 0 Å². The van der Waals surface area contributed by atoms with E-state index in [4.69, 9.17) is 0 Å². The summed E-state index contributed by atoms with van der Waals surface area (Å²) in [6, 6.07) is 17.4. The lowest BCUT2D eigenvalue weighted by Gasteiger charge is -2.19. The van der Waals surface area contributed by atoms with Crippen molar-refractivity contribution < 1.29 is 0 Å².